The average molecular weight is 271 g/mol. The molecular formula is C19H29N. The predicted octanol–water partition coefficient (Wildman–Crippen LogP) is 4.28. The van der Waals surface area contributed by atoms with Crippen LogP contribution in [0.4, 0.5) is 0 Å². The molecule has 1 nitrogen and oxygen atoms in total. The molecule has 0 heterocycles. The summed E-state index contributed by atoms with van der Waals surface area (Å²) in [6.45, 7) is 8.60. The Hall–Kier alpha value is -0.820. The van der Waals surface area contributed by atoms with Crippen LogP contribution in [0.25, 0.3) is 0 Å². The van der Waals surface area contributed by atoms with Crippen molar-refractivity contribution in [1.29, 1.82) is 0 Å². The standard InChI is InChI=1S/C19H29N/c1-14-17-12-16(19(17,2)3)13-18(14)20-11-7-10-15-8-5-4-6-9-15/h4-6,8-9,14,16-18,20H,7,10-13H2,1-3H3/t14-,16+,17-,18-/m0/s1. The maximum absolute atomic E-state index is 3.84. The third-order valence-corrected chi connectivity index (χ3v) is 6.25. The second-order valence-corrected chi connectivity index (χ2v) is 7.61. The van der Waals surface area contributed by atoms with Gasteiger partial charge in [0.1, 0.15) is 0 Å². The first-order valence-electron chi connectivity index (χ1n) is 8.36. The van der Waals surface area contributed by atoms with Crippen molar-refractivity contribution in [3.63, 3.8) is 0 Å². The molecule has 110 valence electrons. The smallest absolute Gasteiger partial charge is 0.00983 e. The van der Waals surface area contributed by atoms with E-state index < -0.39 is 0 Å². The van der Waals surface area contributed by atoms with E-state index in [1.165, 1.54) is 37.8 Å². The van der Waals surface area contributed by atoms with Gasteiger partial charge in [-0.2, -0.15) is 0 Å². The van der Waals surface area contributed by atoms with Crippen molar-refractivity contribution in [3.05, 3.63) is 35.9 Å². The minimum Gasteiger partial charge on any atom is -0.314 e. The molecular weight excluding hydrogens is 242 g/mol. The van der Waals surface area contributed by atoms with E-state index in [1.54, 1.807) is 0 Å². The first kappa shape index (κ1) is 14.1. The zero-order valence-corrected chi connectivity index (χ0v) is 13.2. The summed E-state index contributed by atoms with van der Waals surface area (Å²) in [6.07, 6.45) is 5.34. The van der Waals surface area contributed by atoms with E-state index in [2.05, 4.69) is 56.4 Å². The van der Waals surface area contributed by atoms with Gasteiger partial charge in [0.15, 0.2) is 0 Å². The van der Waals surface area contributed by atoms with E-state index >= 15 is 0 Å². The van der Waals surface area contributed by atoms with E-state index in [-0.39, 0.29) is 0 Å². The lowest BCUT2D eigenvalue weighted by Crippen LogP contribution is -2.60. The zero-order chi connectivity index (χ0) is 14.2. The Labute approximate surface area is 124 Å². The first-order valence-corrected chi connectivity index (χ1v) is 8.36. The summed E-state index contributed by atoms with van der Waals surface area (Å²) < 4.78 is 0. The van der Waals surface area contributed by atoms with Gasteiger partial charge in [0.25, 0.3) is 0 Å². The molecule has 0 saturated heterocycles. The lowest BCUT2D eigenvalue weighted by molar-refractivity contribution is -0.114. The molecule has 0 radical (unpaired) electrons. The van der Waals surface area contributed by atoms with Crippen molar-refractivity contribution in [3.8, 4) is 0 Å². The van der Waals surface area contributed by atoms with Crippen LogP contribution in [0.5, 0.6) is 0 Å². The van der Waals surface area contributed by atoms with Gasteiger partial charge in [-0.25, -0.2) is 0 Å². The van der Waals surface area contributed by atoms with Crippen molar-refractivity contribution in [2.75, 3.05) is 6.54 Å². The molecule has 0 amide bonds. The van der Waals surface area contributed by atoms with Gasteiger partial charge < -0.3 is 5.32 Å². The summed E-state index contributed by atoms with van der Waals surface area (Å²) in [6, 6.07) is 11.6. The molecule has 1 aromatic rings. The lowest BCUT2D eigenvalue weighted by Gasteiger charge is -2.62. The number of fused-ring (bicyclic) bond motifs is 2. The van der Waals surface area contributed by atoms with Gasteiger partial charge in [-0.05, 0) is 61.0 Å². The fraction of sp³-hybridized carbons (Fsp3) is 0.684. The molecule has 20 heavy (non-hydrogen) atoms. The van der Waals surface area contributed by atoms with Crippen LogP contribution in [0.15, 0.2) is 30.3 Å². The predicted molar refractivity (Wildman–Crippen MR) is 85.7 cm³/mol. The van der Waals surface area contributed by atoms with Crippen LogP contribution < -0.4 is 5.32 Å². The van der Waals surface area contributed by atoms with E-state index in [0.717, 1.165) is 23.8 Å². The quantitative estimate of drug-likeness (QED) is 0.788. The highest BCUT2D eigenvalue weighted by atomic mass is 14.9. The minimum absolute atomic E-state index is 0.613. The van der Waals surface area contributed by atoms with Crippen LogP contribution in [0, 0.1) is 23.2 Å². The topological polar surface area (TPSA) is 12.0 Å². The zero-order valence-electron chi connectivity index (χ0n) is 13.2. The van der Waals surface area contributed by atoms with Crippen LogP contribution in [0.2, 0.25) is 0 Å². The molecule has 0 aromatic heterocycles. The number of hydrogen-bond donors (Lipinski definition) is 1. The molecule has 3 saturated carbocycles. The summed E-state index contributed by atoms with van der Waals surface area (Å²) in [5.74, 6) is 2.77. The van der Waals surface area contributed by atoms with Crippen LogP contribution in [-0.2, 0) is 6.42 Å². The van der Waals surface area contributed by atoms with E-state index in [9.17, 15) is 0 Å². The SMILES string of the molecule is C[C@@H]1[C@@H](NCCCc2ccccc2)C[C@H]2C[C@@H]1C2(C)C. The van der Waals surface area contributed by atoms with Crippen molar-refractivity contribution in [2.45, 2.75) is 52.5 Å². The first-order chi connectivity index (χ1) is 9.59. The van der Waals surface area contributed by atoms with E-state index in [1.807, 2.05) is 0 Å². The Balaban J connectivity index is 1.42. The fourth-order valence-electron chi connectivity index (χ4n) is 4.64. The van der Waals surface area contributed by atoms with Gasteiger partial charge in [0.05, 0.1) is 0 Å². The number of rotatable bonds is 5. The summed E-state index contributed by atoms with van der Waals surface area (Å²) in [5.41, 5.74) is 2.08. The molecule has 0 unspecified atom stereocenters. The summed E-state index contributed by atoms with van der Waals surface area (Å²) in [4.78, 5) is 0. The Morgan fingerprint density at radius 3 is 2.55 bits per heavy atom. The molecule has 0 aliphatic heterocycles. The third kappa shape index (κ3) is 2.53. The maximum Gasteiger partial charge on any atom is 0.00983 e. The highest BCUT2D eigenvalue weighted by molar-refractivity contribution is 5.14. The monoisotopic (exact) mass is 271 g/mol. The molecule has 1 N–H and O–H groups in total. The van der Waals surface area contributed by atoms with Crippen molar-refractivity contribution >= 4 is 0 Å². The highest BCUT2D eigenvalue weighted by Gasteiger charge is 2.55. The molecule has 0 spiro atoms. The van der Waals surface area contributed by atoms with Gasteiger partial charge in [-0.15, -0.1) is 0 Å². The second-order valence-electron chi connectivity index (χ2n) is 7.61. The van der Waals surface area contributed by atoms with E-state index in [0.29, 0.717) is 5.41 Å². The summed E-state index contributed by atoms with van der Waals surface area (Å²) >= 11 is 0. The Bertz CT molecular complexity index is 436. The molecule has 4 atom stereocenters. The highest BCUT2D eigenvalue weighted by Crippen LogP contribution is 2.61. The van der Waals surface area contributed by atoms with Crippen molar-refractivity contribution in [1.82, 2.24) is 5.32 Å². The largest absolute Gasteiger partial charge is 0.314 e. The molecule has 1 aromatic carbocycles. The van der Waals surface area contributed by atoms with Crippen LogP contribution in [0.3, 0.4) is 0 Å². The second kappa shape index (κ2) is 5.52. The van der Waals surface area contributed by atoms with Crippen LogP contribution >= 0.6 is 0 Å². The van der Waals surface area contributed by atoms with Crippen LogP contribution in [0.1, 0.15) is 45.6 Å². The third-order valence-electron chi connectivity index (χ3n) is 6.25. The van der Waals surface area contributed by atoms with Crippen LogP contribution in [-0.4, -0.2) is 12.6 Å². The Morgan fingerprint density at radius 2 is 1.90 bits per heavy atom. The Kier molecular flexibility index (Phi) is 3.90. The Morgan fingerprint density at radius 1 is 1.15 bits per heavy atom. The summed E-state index contributed by atoms with van der Waals surface area (Å²) in [5, 5.41) is 3.84. The fourth-order valence-corrected chi connectivity index (χ4v) is 4.64. The molecule has 3 aliphatic carbocycles. The number of hydrogen-bond acceptors (Lipinski definition) is 1. The van der Waals surface area contributed by atoms with Crippen molar-refractivity contribution in [2.24, 2.45) is 23.2 Å². The number of aryl methyl sites for hydroxylation is 1. The van der Waals surface area contributed by atoms with Gasteiger partial charge in [0, 0.05) is 6.04 Å². The van der Waals surface area contributed by atoms with Gasteiger partial charge >= 0.3 is 0 Å². The van der Waals surface area contributed by atoms with Crippen molar-refractivity contribution < 1.29 is 0 Å². The van der Waals surface area contributed by atoms with Gasteiger partial charge in [0.2, 0.25) is 0 Å². The van der Waals surface area contributed by atoms with E-state index in [4.69, 9.17) is 0 Å². The minimum atomic E-state index is 0.613. The lowest BCUT2D eigenvalue weighted by atomic mass is 9.45. The number of benzene rings is 1. The maximum atomic E-state index is 3.84. The molecule has 3 aliphatic rings. The molecule has 3 fully saturated rings. The molecule has 4 rings (SSSR count). The average Bonchev–Trinajstić information content (AvgIpc) is 2.45. The molecule has 1 heteroatoms. The van der Waals surface area contributed by atoms with Gasteiger partial charge in [-0.3, -0.25) is 0 Å². The molecule has 2 bridgehead atoms. The number of nitrogens with one attached hydrogen (secondary N) is 1. The van der Waals surface area contributed by atoms with Gasteiger partial charge in [-0.1, -0.05) is 51.1 Å². The summed E-state index contributed by atoms with van der Waals surface area (Å²) in [7, 11) is 0. The normalized spacial score (nSPS) is 34.5.